The normalized spacial score (nSPS) is 13.9. The number of carbonyl (C=O) groups is 1. The van der Waals surface area contributed by atoms with E-state index in [2.05, 4.69) is 4.74 Å². The number of halogens is 7. The van der Waals surface area contributed by atoms with Crippen molar-refractivity contribution in [1.29, 1.82) is 0 Å². The van der Waals surface area contributed by atoms with Gasteiger partial charge in [-0.3, -0.25) is 4.79 Å². The maximum Gasteiger partial charge on any atom is 0.416 e. The molecule has 0 bridgehead atoms. The van der Waals surface area contributed by atoms with E-state index in [4.69, 9.17) is 5.73 Å². The van der Waals surface area contributed by atoms with Crippen LogP contribution in [0, 0.1) is 5.41 Å². The lowest BCUT2D eigenvalue weighted by molar-refractivity contribution is -0.153. The summed E-state index contributed by atoms with van der Waals surface area (Å²) in [5.74, 6) is -0.935. The molecule has 1 atom stereocenters. The summed E-state index contributed by atoms with van der Waals surface area (Å²) in [4.78, 5) is 11.7. The Labute approximate surface area is 140 Å². The fraction of sp³-hybridized carbons (Fsp3) is 0.500. The second-order valence-corrected chi connectivity index (χ2v) is 5.49. The van der Waals surface area contributed by atoms with Crippen molar-refractivity contribution in [3.63, 3.8) is 0 Å². The molecule has 0 saturated heterocycles. The highest BCUT2D eigenvalue weighted by molar-refractivity contribution is 5.85. The number of ether oxygens (including phenoxy) is 1. The van der Waals surface area contributed by atoms with Crippen LogP contribution in [0.25, 0.3) is 0 Å². The molecule has 1 aromatic carbocycles. The summed E-state index contributed by atoms with van der Waals surface area (Å²) in [5, 5.41) is 0. The standard InChI is InChI=1S/C14H15F6NO2.ClH/c1-12(2,11(22)23-3)10(21)8-6-7(13(15,16)17)4-5-9(8)14(18,19)20;/h4-6,10H,21H2,1-3H3;1H/t10-;/m1./s1. The third-order valence-electron chi connectivity index (χ3n) is 3.51. The number of carbonyl (C=O) groups excluding carboxylic acids is 1. The highest BCUT2D eigenvalue weighted by Gasteiger charge is 2.43. The molecule has 24 heavy (non-hydrogen) atoms. The van der Waals surface area contributed by atoms with E-state index in [0.717, 1.165) is 7.11 Å². The molecule has 0 fully saturated rings. The summed E-state index contributed by atoms with van der Waals surface area (Å²) in [6.07, 6.45) is -9.75. The topological polar surface area (TPSA) is 52.3 Å². The number of methoxy groups -OCH3 is 1. The molecule has 1 aromatic rings. The zero-order chi connectivity index (χ0) is 18.2. The summed E-state index contributed by atoms with van der Waals surface area (Å²) in [6, 6.07) is -0.692. The van der Waals surface area contributed by atoms with Crippen molar-refractivity contribution < 1.29 is 35.9 Å². The number of benzene rings is 1. The van der Waals surface area contributed by atoms with Gasteiger partial charge < -0.3 is 10.5 Å². The Bertz CT molecular complexity index is 598. The van der Waals surface area contributed by atoms with Crippen LogP contribution in [0.15, 0.2) is 18.2 Å². The first-order chi connectivity index (χ1) is 10.2. The van der Waals surface area contributed by atoms with Gasteiger partial charge in [-0.15, -0.1) is 12.4 Å². The van der Waals surface area contributed by atoms with Crippen LogP contribution in [0.2, 0.25) is 0 Å². The van der Waals surface area contributed by atoms with Crippen molar-refractivity contribution >= 4 is 18.4 Å². The van der Waals surface area contributed by atoms with E-state index in [9.17, 15) is 31.1 Å². The summed E-state index contributed by atoms with van der Waals surface area (Å²) in [7, 11) is 1.01. The summed E-state index contributed by atoms with van der Waals surface area (Å²) < 4.78 is 81.9. The van der Waals surface area contributed by atoms with Gasteiger partial charge in [0, 0.05) is 6.04 Å². The Balaban J connectivity index is 0.00000529. The lowest BCUT2D eigenvalue weighted by atomic mass is 9.79. The van der Waals surface area contributed by atoms with E-state index in [1.165, 1.54) is 13.8 Å². The van der Waals surface area contributed by atoms with Gasteiger partial charge in [0.2, 0.25) is 0 Å². The highest BCUT2D eigenvalue weighted by atomic mass is 35.5. The van der Waals surface area contributed by atoms with Gasteiger partial charge in [-0.25, -0.2) is 0 Å². The third-order valence-corrected chi connectivity index (χ3v) is 3.51. The van der Waals surface area contributed by atoms with Crippen molar-refractivity contribution in [2.24, 2.45) is 11.1 Å². The molecule has 0 heterocycles. The molecule has 0 spiro atoms. The maximum absolute atomic E-state index is 13.1. The smallest absolute Gasteiger partial charge is 0.416 e. The monoisotopic (exact) mass is 379 g/mol. The van der Waals surface area contributed by atoms with Gasteiger partial charge in [-0.2, -0.15) is 26.3 Å². The van der Waals surface area contributed by atoms with Crippen LogP contribution < -0.4 is 5.73 Å². The molecule has 0 aliphatic rings. The van der Waals surface area contributed by atoms with E-state index in [-0.39, 0.29) is 12.4 Å². The van der Waals surface area contributed by atoms with Crippen LogP contribution in [0.1, 0.15) is 36.6 Å². The van der Waals surface area contributed by atoms with Crippen molar-refractivity contribution in [2.45, 2.75) is 32.2 Å². The summed E-state index contributed by atoms with van der Waals surface area (Å²) >= 11 is 0. The van der Waals surface area contributed by atoms with Gasteiger partial charge in [0.15, 0.2) is 0 Å². The number of hydrogen-bond donors (Lipinski definition) is 1. The fourth-order valence-electron chi connectivity index (χ4n) is 2.03. The molecule has 2 N–H and O–H groups in total. The minimum absolute atomic E-state index is 0. The van der Waals surface area contributed by atoms with Crippen LogP contribution in [0.3, 0.4) is 0 Å². The number of nitrogens with two attached hydrogens (primary N) is 1. The van der Waals surface area contributed by atoms with Crippen molar-refractivity contribution in [3.05, 3.63) is 34.9 Å². The Morgan fingerprint density at radius 3 is 1.96 bits per heavy atom. The molecule has 1 rings (SSSR count). The van der Waals surface area contributed by atoms with Crippen LogP contribution in [-0.2, 0) is 21.9 Å². The average molecular weight is 380 g/mol. The first-order valence-electron chi connectivity index (χ1n) is 6.35. The maximum atomic E-state index is 13.1. The van der Waals surface area contributed by atoms with Gasteiger partial charge in [-0.05, 0) is 37.6 Å². The molecule has 0 unspecified atom stereocenters. The predicted octanol–water partition coefficient (Wildman–Crippen LogP) is 4.35. The quantitative estimate of drug-likeness (QED) is 0.627. The number of esters is 1. The molecule has 0 radical (unpaired) electrons. The number of hydrogen-bond acceptors (Lipinski definition) is 3. The Kier molecular flexibility index (Phi) is 6.74. The van der Waals surface area contributed by atoms with Gasteiger partial charge in [0.05, 0.1) is 23.7 Å². The van der Waals surface area contributed by atoms with Crippen LogP contribution in [0.5, 0.6) is 0 Å². The van der Waals surface area contributed by atoms with E-state index >= 15 is 0 Å². The molecular weight excluding hydrogens is 364 g/mol. The van der Waals surface area contributed by atoms with Crippen molar-refractivity contribution in [3.8, 4) is 0 Å². The third kappa shape index (κ3) is 4.54. The molecule has 10 heteroatoms. The fourth-order valence-corrected chi connectivity index (χ4v) is 2.03. The second-order valence-electron chi connectivity index (χ2n) is 5.49. The largest absolute Gasteiger partial charge is 0.469 e. The van der Waals surface area contributed by atoms with Gasteiger partial charge in [0.1, 0.15) is 0 Å². The molecular formula is C14H16ClF6NO2. The van der Waals surface area contributed by atoms with Gasteiger partial charge >= 0.3 is 18.3 Å². The van der Waals surface area contributed by atoms with E-state index in [1.54, 1.807) is 0 Å². The predicted molar refractivity (Wildman–Crippen MR) is 76.4 cm³/mol. The Morgan fingerprint density at radius 1 is 1.08 bits per heavy atom. The molecule has 3 nitrogen and oxygen atoms in total. The lowest BCUT2D eigenvalue weighted by Gasteiger charge is -2.31. The van der Waals surface area contributed by atoms with E-state index in [1.807, 2.05) is 0 Å². The Morgan fingerprint density at radius 2 is 1.58 bits per heavy atom. The van der Waals surface area contributed by atoms with Gasteiger partial charge in [-0.1, -0.05) is 0 Å². The molecule has 0 aliphatic heterocycles. The average Bonchev–Trinajstić information content (AvgIpc) is 2.42. The first kappa shape index (κ1) is 22.5. The van der Waals surface area contributed by atoms with Crippen LogP contribution in [-0.4, -0.2) is 13.1 Å². The number of rotatable bonds is 3. The summed E-state index contributed by atoms with van der Waals surface area (Å²) in [5.41, 5.74) is 0.615. The molecule has 138 valence electrons. The summed E-state index contributed by atoms with van der Waals surface area (Å²) in [6.45, 7) is 2.40. The first-order valence-corrected chi connectivity index (χ1v) is 6.35. The number of alkyl halides is 6. The highest BCUT2D eigenvalue weighted by Crippen LogP contribution is 2.42. The molecule has 0 aromatic heterocycles. The Hall–Kier alpha value is -1.48. The molecule has 0 amide bonds. The lowest BCUT2D eigenvalue weighted by Crippen LogP contribution is -2.38. The van der Waals surface area contributed by atoms with Crippen molar-refractivity contribution in [2.75, 3.05) is 7.11 Å². The molecule has 0 aliphatic carbocycles. The SMILES string of the molecule is COC(=O)C(C)(C)[C@H](N)c1cc(C(F)(F)F)ccc1C(F)(F)F.Cl. The second kappa shape index (κ2) is 7.18. The molecule has 0 saturated carbocycles. The van der Waals surface area contributed by atoms with E-state index < -0.39 is 46.5 Å². The zero-order valence-corrected chi connectivity index (χ0v) is 13.7. The van der Waals surface area contributed by atoms with Crippen LogP contribution in [0.4, 0.5) is 26.3 Å². The van der Waals surface area contributed by atoms with Crippen molar-refractivity contribution in [1.82, 2.24) is 0 Å². The minimum Gasteiger partial charge on any atom is -0.469 e. The van der Waals surface area contributed by atoms with E-state index in [0.29, 0.717) is 18.2 Å². The van der Waals surface area contributed by atoms with Gasteiger partial charge in [0.25, 0.3) is 0 Å². The van der Waals surface area contributed by atoms with Crippen LogP contribution >= 0.6 is 12.4 Å². The zero-order valence-electron chi connectivity index (χ0n) is 12.9. The minimum atomic E-state index is -4.91.